The largest absolute Gasteiger partial charge is 0.504 e. The molecule has 29 heavy (non-hydrogen) atoms. The second-order valence-corrected chi connectivity index (χ2v) is 5.81. The molecule has 148 valence electrons. The molecule has 0 saturated carbocycles. The maximum absolute atomic E-state index is 12.0. The van der Waals surface area contributed by atoms with E-state index < -0.39 is 4.92 Å². The van der Waals surface area contributed by atoms with Crippen LogP contribution in [0.15, 0.2) is 64.2 Å². The fourth-order valence-electron chi connectivity index (χ4n) is 2.46. The molecule has 0 aliphatic rings. The van der Waals surface area contributed by atoms with Crippen molar-refractivity contribution < 1.29 is 24.0 Å². The van der Waals surface area contributed by atoms with Gasteiger partial charge in [0.25, 0.3) is 11.6 Å². The number of non-ortho nitro benzene ring substituents is 1. The number of rotatable bonds is 7. The zero-order chi connectivity index (χ0) is 20.8. The van der Waals surface area contributed by atoms with Gasteiger partial charge in [0.05, 0.1) is 29.5 Å². The lowest BCUT2D eigenvalue weighted by Crippen LogP contribution is -2.10. The van der Waals surface area contributed by atoms with E-state index in [1.165, 1.54) is 18.5 Å². The van der Waals surface area contributed by atoms with Gasteiger partial charge < -0.3 is 19.6 Å². The highest BCUT2D eigenvalue weighted by Gasteiger charge is 2.16. The summed E-state index contributed by atoms with van der Waals surface area (Å²) < 4.78 is 10.3. The number of aromatic hydroxyl groups is 1. The van der Waals surface area contributed by atoms with Gasteiger partial charge >= 0.3 is 0 Å². The molecule has 1 aromatic heterocycles. The Labute approximate surface area is 165 Å². The molecule has 1 heterocycles. The van der Waals surface area contributed by atoms with Crippen LogP contribution in [0.25, 0.3) is 0 Å². The van der Waals surface area contributed by atoms with Crippen LogP contribution in [0.5, 0.6) is 11.5 Å². The number of aliphatic imine (C=N–C) groups is 1. The number of ether oxygens (including phenoxy) is 1. The van der Waals surface area contributed by atoms with E-state index in [0.717, 1.165) is 6.07 Å². The lowest BCUT2D eigenvalue weighted by atomic mass is 10.1. The molecule has 0 aliphatic carbocycles. The van der Waals surface area contributed by atoms with E-state index in [4.69, 9.17) is 9.15 Å². The third kappa shape index (κ3) is 4.78. The molecule has 2 N–H and O–H groups in total. The number of nitro groups is 1. The summed E-state index contributed by atoms with van der Waals surface area (Å²) in [7, 11) is 0. The minimum atomic E-state index is -0.574. The van der Waals surface area contributed by atoms with Crippen LogP contribution in [-0.2, 0) is 0 Å². The van der Waals surface area contributed by atoms with Gasteiger partial charge in [0, 0.05) is 23.5 Å². The molecule has 0 atom stereocenters. The Bertz CT molecular complexity index is 1040. The van der Waals surface area contributed by atoms with Crippen LogP contribution in [0.1, 0.15) is 23.0 Å². The number of anilines is 1. The summed E-state index contributed by atoms with van der Waals surface area (Å²) in [4.78, 5) is 26.7. The Morgan fingerprint density at radius 2 is 2.07 bits per heavy atom. The van der Waals surface area contributed by atoms with Crippen LogP contribution in [0.4, 0.5) is 17.1 Å². The number of phenolic OH excluding ortho intramolecular Hbond substituents is 1. The monoisotopic (exact) mass is 395 g/mol. The zero-order valence-corrected chi connectivity index (χ0v) is 15.4. The van der Waals surface area contributed by atoms with E-state index in [1.54, 1.807) is 43.3 Å². The number of carbonyl (C=O) groups is 1. The molecule has 9 heteroatoms. The van der Waals surface area contributed by atoms with E-state index >= 15 is 0 Å². The van der Waals surface area contributed by atoms with Crippen LogP contribution in [0.2, 0.25) is 0 Å². The Hall–Kier alpha value is -4.14. The zero-order valence-electron chi connectivity index (χ0n) is 15.4. The first-order valence-corrected chi connectivity index (χ1v) is 8.61. The fraction of sp³-hybridized carbons (Fsp3) is 0.100. The molecule has 0 spiro atoms. The van der Waals surface area contributed by atoms with Gasteiger partial charge in [0.1, 0.15) is 0 Å². The smallest absolute Gasteiger partial charge is 0.291 e. The first-order valence-electron chi connectivity index (χ1n) is 8.61. The maximum Gasteiger partial charge on any atom is 0.291 e. The predicted octanol–water partition coefficient (Wildman–Crippen LogP) is 4.30. The Balaban J connectivity index is 1.77. The number of hydrogen-bond acceptors (Lipinski definition) is 7. The number of hydrogen-bond donors (Lipinski definition) is 2. The number of nitrogens with one attached hydrogen (secondary N) is 1. The summed E-state index contributed by atoms with van der Waals surface area (Å²) in [5.41, 5.74) is 0.994. The van der Waals surface area contributed by atoms with Crippen molar-refractivity contribution in [1.29, 1.82) is 0 Å². The van der Waals surface area contributed by atoms with Gasteiger partial charge in [-0.1, -0.05) is 0 Å². The second kappa shape index (κ2) is 8.70. The minimum absolute atomic E-state index is 0.0131. The topological polar surface area (TPSA) is 127 Å². The number of phenols is 1. The highest BCUT2D eigenvalue weighted by atomic mass is 16.6. The molecule has 0 saturated heterocycles. The summed E-state index contributed by atoms with van der Waals surface area (Å²) in [6.07, 6.45) is 2.72. The number of nitro benzene ring substituents is 1. The van der Waals surface area contributed by atoms with Crippen molar-refractivity contribution >= 4 is 29.2 Å². The Morgan fingerprint density at radius 3 is 2.69 bits per heavy atom. The van der Waals surface area contributed by atoms with Crippen molar-refractivity contribution in [3.63, 3.8) is 0 Å². The molecule has 3 aromatic rings. The van der Waals surface area contributed by atoms with Crippen molar-refractivity contribution in [1.82, 2.24) is 0 Å². The van der Waals surface area contributed by atoms with Crippen molar-refractivity contribution in [2.75, 3.05) is 11.9 Å². The first kappa shape index (κ1) is 19.6. The number of furan rings is 1. The third-order valence-electron chi connectivity index (χ3n) is 3.82. The van der Waals surface area contributed by atoms with Crippen molar-refractivity contribution in [3.8, 4) is 11.5 Å². The molecular formula is C20H17N3O6. The lowest BCUT2D eigenvalue weighted by molar-refractivity contribution is -0.385. The SMILES string of the molecule is CCOc1cc([N+](=O)[O-])cc(C=Nc2ccc(NC(=O)c3ccco3)cc2)c1O. The van der Waals surface area contributed by atoms with Gasteiger partial charge in [-0.25, -0.2) is 0 Å². The summed E-state index contributed by atoms with van der Waals surface area (Å²) in [5.74, 6) is -0.405. The molecule has 0 bridgehead atoms. The normalized spacial score (nSPS) is 10.8. The van der Waals surface area contributed by atoms with Crippen molar-refractivity contribution in [3.05, 3.63) is 76.2 Å². The maximum atomic E-state index is 12.0. The standard InChI is InChI=1S/C20H17N3O6/c1-2-28-18-11-16(23(26)27)10-13(19(18)24)12-21-14-5-7-15(8-6-14)22-20(25)17-4-3-9-29-17/h3-12,24H,2H2,1H3,(H,22,25). The second-order valence-electron chi connectivity index (χ2n) is 5.81. The van der Waals surface area contributed by atoms with Crippen LogP contribution in [0.3, 0.4) is 0 Å². The van der Waals surface area contributed by atoms with Crippen LogP contribution >= 0.6 is 0 Å². The van der Waals surface area contributed by atoms with Gasteiger partial charge in [-0.15, -0.1) is 0 Å². The summed E-state index contributed by atoms with van der Waals surface area (Å²) in [6.45, 7) is 1.95. The van der Waals surface area contributed by atoms with Gasteiger partial charge in [-0.2, -0.15) is 0 Å². The quantitative estimate of drug-likeness (QED) is 0.349. The van der Waals surface area contributed by atoms with E-state index in [-0.39, 0.29) is 41.0 Å². The lowest BCUT2D eigenvalue weighted by Gasteiger charge is -2.08. The van der Waals surface area contributed by atoms with Crippen molar-refractivity contribution in [2.24, 2.45) is 4.99 Å². The average Bonchev–Trinajstić information content (AvgIpc) is 3.24. The summed E-state index contributed by atoms with van der Waals surface area (Å²) >= 11 is 0. The molecule has 1 amide bonds. The molecule has 0 unspecified atom stereocenters. The molecule has 9 nitrogen and oxygen atoms in total. The van der Waals surface area contributed by atoms with Gasteiger partial charge in [0.2, 0.25) is 0 Å². The predicted molar refractivity (Wildman–Crippen MR) is 106 cm³/mol. The highest BCUT2D eigenvalue weighted by Crippen LogP contribution is 2.34. The highest BCUT2D eigenvalue weighted by molar-refractivity contribution is 6.02. The average molecular weight is 395 g/mol. The first-order chi connectivity index (χ1) is 14.0. The summed E-state index contributed by atoms with van der Waals surface area (Å²) in [5, 5.41) is 24.0. The number of amides is 1. The molecule has 0 radical (unpaired) electrons. The van der Waals surface area contributed by atoms with Crippen molar-refractivity contribution in [2.45, 2.75) is 6.92 Å². The fourth-order valence-corrected chi connectivity index (χ4v) is 2.46. The number of nitrogens with zero attached hydrogens (tertiary/aromatic N) is 2. The van der Waals surface area contributed by atoms with Crippen LogP contribution in [0, 0.1) is 10.1 Å². The Kier molecular flexibility index (Phi) is 5.88. The molecule has 0 fully saturated rings. The third-order valence-corrected chi connectivity index (χ3v) is 3.82. The Morgan fingerprint density at radius 1 is 1.31 bits per heavy atom. The van der Waals surface area contributed by atoms with E-state index in [1.807, 2.05) is 0 Å². The van der Waals surface area contributed by atoms with Gasteiger partial charge in [0.15, 0.2) is 17.3 Å². The van der Waals surface area contributed by atoms with E-state index in [2.05, 4.69) is 10.3 Å². The minimum Gasteiger partial charge on any atom is -0.504 e. The number of benzene rings is 2. The number of carbonyl (C=O) groups excluding carboxylic acids is 1. The van der Waals surface area contributed by atoms with Gasteiger partial charge in [-0.3, -0.25) is 19.9 Å². The summed E-state index contributed by atoms with van der Waals surface area (Å²) in [6, 6.07) is 12.1. The molecular weight excluding hydrogens is 378 g/mol. The molecule has 2 aromatic carbocycles. The van der Waals surface area contributed by atoms with Gasteiger partial charge in [-0.05, 0) is 43.3 Å². The van der Waals surface area contributed by atoms with Crippen LogP contribution < -0.4 is 10.1 Å². The van der Waals surface area contributed by atoms with E-state index in [9.17, 15) is 20.0 Å². The molecule has 3 rings (SSSR count). The molecule has 0 aliphatic heterocycles. The van der Waals surface area contributed by atoms with E-state index in [0.29, 0.717) is 11.4 Å². The van der Waals surface area contributed by atoms with Crippen LogP contribution in [-0.4, -0.2) is 28.8 Å².